The van der Waals surface area contributed by atoms with E-state index in [1.165, 1.54) is 7.11 Å². The van der Waals surface area contributed by atoms with E-state index in [-0.39, 0.29) is 25.9 Å². The molecule has 9 heteroatoms. The molecule has 4 heterocycles. The Labute approximate surface area is 142 Å². The van der Waals surface area contributed by atoms with Gasteiger partial charge in [0, 0.05) is 32.0 Å². The molecule has 1 aliphatic rings. The van der Waals surface area contributed by atoms with Gasteiger partial charge in [-0.25, -0.2) is 13.8 Å². The summed E-state index contributed by atoms with van der Waals surface area (Å²) >= 11 is 0. The average Bonchev–Trinajstić information content (AvgIpc) is 3.05. The number of alkyl halides is 2. The van der Waals surface area contributed by atoms with Gasteiger partial charge in [-0.2, -0.15) is 4.52 Å². The first-order valence-corrected chi connectivity index (χ1v) is 7.92. The molecule has 1 aliphatic heterocycles. The highest BCUT2D eigenvalue weighted by atomic mass is 19.3. The van der Waals surface area contributed by atoms with Gasteiger partial charge in [0.25, 0.3) is 5.92 Å². The molecule has 0 N–H and O–H groups in total. The molecule has 0 amide bonds. The normalized spacial score (nSPS) is 17.0. The largest absolute Gasteiger partial charge is 0.481 e. The van der Waals surface area contributed by atoms with Crippen LogP contribution in [0.4, 0.5) is 14.6 Å². The topological polar surface area (TPSA) is 68.4 Å². The van der Waals surface area contributed by atoms with E-state index >= 15 is 0 Å². The van der Waals surface area contributed by atoms with Crippen molar-refractivity contribution < 1.29 is 13.5 Å². The molecular formula is C16H16F2N6O. The molecule has 0 unspecified atom stereocenters. The van der Waals surface area contributed by atoms with E-state index in [4.69, 9.17) is 4.74 Å². The summed E-state index contributed by atoms with van der Waals surface area (Å²) < 4.78 is 33.4. The van der Waals surface area contributed by atoms with Gasteiger partial charge in [0.2, 0.25) is 11.7 Å². The number of nitrogens with zero attached hydrogens (tertiary/aromatic N) is 6. The van der Waals surface area contributed by atoms with Crippen molar-refractivity contribution in [2.75, 3.05) is 25.1 Å². The smallest absolute Gasteiger partial charge is 0.251 e. The first kappa shape index (κ1) is 15.7. The summed E-state index contributed by atoms with van der Waals surface area (Å²) in [5.74, 6) is -1.04. The molecule has 3 aromatic heterocycles. The van der Waals surface area contributed by atoms with Crippen molar-refractivity contribution in [2.24, 2.45) is 0 Å². The fourth-order valence-electron chi connectivity index (χ4n) is 2.82. The number of ether oxygens (including phenoxy) is 1. The van der Waals surface area contributed by atoms with Crippen LogP contribution in [0.1, 0.15) is 12.8 Å². The zero-order valence-electron chi connectivity index (χ0n) is 13.6. The number of pyridine rings is 1. The lowest BCUT2D eigenvalue weighted by molar-refractivity contribution is -0.0221. The number of fused-ring (bicyclic) bond motifs is 1. The van der Waals surface area contributed by atoms with E-state index in [1.54, 1.807) is 34.8 Å². The maximum absolute atomic E-state index is 13.4. The first-order chi connectivity index (χ1) is 12.1. The standard InChI is InChI=1S/C16H16F2N6O/c1-25-14-4-2-3-11(19-14)15-21-20-12-5-6-13(22-24(12)15)23-9-7-16(17,18)8-10-23/h2-6H,7-10H2,1H3. The van der Waals surface area contributed by atoms with Crippen LogP contribution in [0.5, 0.6) is 5.88 Å². The summed E-state index contributed by atoms with van der Waals surface area (Å²) in [7, 11) is 1.54. The Balaban J connectivity index is 1.70. The molecule has 0 saturated carbocycles. The van der Waals surface area contributed by atoms with Gasteiger partial charge in [-0.05, 0) is 18.2 Å². The van der Waals surface area contributed by atoms with Gasteiger partial charge in [-0.15, -0.1) is 15.3 Å². The second kappa shape index (κ2) is 5.91. The minimum atomic E-state index is -2.59. The number of methoxy groups -OCH3 is 1. The highest BCUT2D eigenvalue weighted by Crippen LogP contribution is 2.30. The van der Waals surface area contributed by atoms with Crippen LogP contribution in [0, 0.1) is 0 Å². The predicted octanol–water partition coefficient (Wildman–Crippen LogP) is 2.43. The van der Waals surface area contributed by atoms with Crippen molar-refractivity contribution in [3.05, 3.63) is 30.3 Å². The number of rotatable bonds is 3. The minimum Gasteiger partial charge on any atom is -0.481 e. The minimum absolute atomic E-state index is 0.167. The second-order valence-electron chi connectivity index (χ2n) is 5.89. The monoisotopic (exact) mass is 346 g/mol. The van der Waals surface area contributed by atoms with Crippen LogP contribution in [0.15, 0.2) is 30.3 Å². The molecule has 0 aromatic carbocycles. The lowest BCUT2D eigenvalue weighted by Gasteiger charge is -2.32. The number of piperidine rings is 1. The molecule has 0 spiro atoms. The number of hydrogen-bond donors (Lipinski definition) is 0. The molecule has 3 aromatic rings. The van der Waals surface area contributed by atoms with Crippen molar-refractivity contribution in [1.82, 2.24) is 24.8 Å². The van der Waals surface area contributed by atoms with Crippen LogP contribution >= 0.6 is 0 Å². The van der Waals surface area contributed by atoms with Gasteiger partial charge in [0.05, 0.1) is 7.11 Å². The fraction of sp³-hybridized carbons (Fsp3) is 0.375. The third kappa shape index (κ3) is 2.97. The third-order valence-corrected chi connectivity index (χ3v) is 4.23. The van der Waals surface area contributed by atoms with E-state index in [0.29, 0.717) is 28.9 Å². The zero-order chi connectivity index (χ0) is 17.4. The predicted molar refractivity (Wildman–Crippen MR) is 87.0 cm³/mol. The van der Waals surface area contributed by atoms with Crippen LogP contribution in [0.2, 0.25) is 0 Å². The summed E-state index contributed by atoms with van der Waals surface area (Å²) in [6.07, 6.45) is -0.335. The van der Waals surface area contributed by atoms with Crippen LogP contribution < -0.4 is 9.64 Å². The number of halogens is 2. The molecule has 1 fully saturated rings. The second-order valence-corrected chi connectivity index (χ2v) is 5.89. The van der Waals surface area contributed by atoms with Crippen LogP contribution in [0.3, 0.4) is 0 Å². The Bertz CT molecular complexity index is 903. The molecule has 1 saturated heterocycles. The molecule has 4 rings (SSSR count). The van der Waals surface area contributed by atoms with Crippen molar-refractivity contribution >= 4 is 11.5 Å². The van der Waals surface area contributed by atoms with Gasteiger partial charge in [-0.3, -0.25) is 0 Å². The Kier molecular flexibility index (Phi) is 3.70. The SMILES string of the molecule is COc1cccc(-c2nnc3ccc(N4CCC(F)(F)CC4)nn23)n1. The number of hydrogen-bond acceptors (Lipinski definition) is 6. The van der Waals surface area contributed by atoms with E-state index in [1.807, 2.05) is 4.90 Å². The van der Waals surface area contributed by atoms with Crippen molar-refractivity contribution in [3.8, 4) is 17.4 Å². The Morgan fingerprint density at radius 1 is 1.08 bits per heavy atom. The van der Waals surface area contributed by atoms with Gasteiger partial charge >= 0.3 is 0 Å². The summed E-state index contributed by atoms with van der Waals surface area (Å²) in [6.45, 7) is 0.529. The third-order valence-electron chi connectivity index (χ3n) is 4.23. The van der Waals surface area contributed by atoms with Crippen LogP contribution in [0.25, 0.3) is 17.2 Å². The van der Waals surface area contributed by atoms with E-state index in [2.05, 4.69) is 20.3 Å². The molecule has 0 bridgehead atoms. The Morgan fingerprint density at radius 3 is 2.64 bits per heavy atom. The molecule has 0 atom stereocenters. The van der Waals surface area contributed by atoms with Gasteiger partial charge in [0.1, 0.15) is 11.5 Å². The lowest BCUT2D eigenvalue weighted by atomic mass is 10.1. The molecule has 0 aliphatic carbocycles. The van der Waals surface area contributed by atoms with Crippen LogP contribution in [-0.4, -0.2) is 50.9 Å². The quantitative estimate of drug-likeness (QED) is 0.726. The zero-order valence-corrected chi connectivity index (χ0v) is 13.6. The van der Waals surface area contributed by atoms with Crippen molar-refractivity contribution in [2.45, 2.75) is 18.8 Å². The fourth-order valence-corrected chi connectivity index (χ4v) is 2.82. The number of anilines is 1. The molecular weight excluding hydrogens is 330 g/mol. The summed E-state index contributed by atoms with van der Waals surface area (Å²) in [5, 5.41) is 12.8. The summed E-state index contributed by atoms with van der Waals surface area (Å²) in [6, 6.07) is 8.87. The highest BCUT2D eigenvalue weighted by molar-refractivity contribution is 5.56. The first-order valence-electron chi connectivity index (χ1n) is 7.92. The summed E-state index contributed by atoms with van der Waals surface area (Å²) in [5.41, 5.74) is 1.13. The number of aromatic nitrogens is 5. The molecule has 130 valence electrons. The molecule has 0 radical (unpaired) electrons. The average molecular weight is 346 g/mol. The van der Waals surface area contributed by atoms with E-state index < -0.39 is 5.92 Å². The Morgan fingerprint density at radius 2 is 1.88 bits per heavy atom. The van der Waals surface area contributed by atoms with E-state index in [0.717, 1.165) is 0 Å². The Hall–Kier alpha value is -2.84. The van der Waals surface area contributed by atoms with Crippen molar-refractivity contribution in [3.63, 3.8) is 0 Å². The lowest BCUT2D eigenvalue weighted by Crippen LogP contribution is -2.39. The maximum Gasteiger partial charge on any atom is 0.251 e. The summed E-state index contributed by atoms with van der Waals surface area (Å²) in [4.78, 5) is 6.19. The van der Waals surface area contributed by atoms with Crippen LogP contribution in [-0.2, 0) is 0 Å². The van der Waals surface area contributed by atoms with E-state index in [9.17, 15) is 8.78 Å². The molecule has 7 nitrogen and oxygen atoms in total. The molecule has 25 heavy (non-hydrogen) atoms. The van der Waals surface area contributed by atoms with Crippen molar-refractivity contribution in [1.29, 1.82) is 0 Å². The van der Waals surface area contributed by atoms with Gasteiger partial charge in [0.15, 0.2) is 5.65 Å². The highest BCUT2D eigenvalue weighted by Gasteiger charge is 2.34. The maximum atomic E-state index is 13.4. The van der Waals surface area contributed by atoms with Gasteiger partial charge in [-0.1, -0.05) is 6.07 Å². The van der Waals surface area contributed by atoms with Gasteiger partial charge < -0.3 is 9.64 Å².